The van der Waals surface area contributed by atoms with Crippen LogP contribution in [0.3, 0.4) is 0 Å². The zero-order chi connectivity index (χ0) is 16.0. The highest BCUT2D eigenvalue weighted by Crippen LogP contribution is 2.47. The number of hydrogen-bond acceptors (Lipinski definition) is 4. The van der Waals surface area contributed by atoms with E-state index in [1.807, 2.05) is 13.0 Å². The van der Waals surface area contributed by atoms with Gasteiger partial charge in [0.15, 0.2) is 5.82 Å². The molecule has 23 heavy (non-hydrogen) atoms. The number of amides is 1. The first-order valence-corrected chi connectivity index (χ1v) is 7.35. The molecule has 1 aromatic carbocycles. The Hall–Kier alpha value is -3.14. The molecule has 3 N–H and O–H groups in total. The lowest BCUT2D eigenvalue weighted by Crippen LogP contribution is -2.15. The van der Waals surface area contributed by atoms with Gasteiger partial charge in [0.1, 0.15) is 0 Å². The van der Waals surface area contributed by atoms with Crippen LogP contribution < -0.4 is 5.32 Å². The molecule has 7 heteroatoms. The predicted molar refractivity (Wildman–Crippen MR) is 83.6 cm³/mol. The number of benzene rings is 1. The highest BCUT2D eigenvalue weighted by molar-refractivity contribution is 6.02. The fraction of sp³-hybridized carbons (Fsp3) is 0.250. The molecule has 0 unspecified atom stereocenters. The molecule has 4 rings (SSSR count). The molecule has 1 amide bonds. The summed E-state index contributed by atoms with van der Waals surface area (Å²) in [7, 11) is 0. The number of carbonyl (C=O) groups is 1. The number of nitriles is 1. The number of H-pyrrole nitrogens is 2. The maximum absolute atomic E-state index is 12.4. The Balaban J connectivity index is 1.56. The Bertz CT molecular complexity index is 934. The van der Waals surface area contributed by atoms with Crippen LogP contribution in [-0.2, 0) is 4.79 Å². The van der Waals surface area contributed by atoms with Crippen LogP contribution in [0.25, 0.3) is 10.9 Å². The Morgan fingerprint density at radius 1 is 1.48 bits per heavy atom. The van der Waals surface area contributed by atoms with Gasteiger partial charge in [-0.25, -0.2) is 4.98 Å². The van der Waals surface area contributed by atoms with E-state index in [2.05, 4.69) is 31.6 Å². The zero-order valence-corrected chi connectivity index (χ0v) is 12.4. The van der Waals surface area contributed by atoms with Crippen LogP contribution in [0, 0.1) is 24.2 Å². The Morgan fingerprint density at radius 2 is 2.35 bits per heavy atom. The van der Waals surface area contributed by atoms with Gasteiger partial charge < -0.3 is 10.3 Å². The number of hydrogen-bond donors (Lipinski definition) is 3. The topological polar surface area (TPSA) is 110 Å². The first kappa shape index (κ1) is 13.5. The van der Waals surface area contributed by atoms with Gasteiger partial charge in [0.2, 0.25) is 5.91 Å². The van der Waals surface area contributed by atoms with Crippen LogP contribution in [0.2, 0.25) is 0 Å². The normalized spacial score (nSPS) is 19.5. The van der Waals surface area contributed by atoms with Gasteiger partial charge >= 0.3 is 0 Å². The van der Waals surface area contributed by atoms with Crippen molar-refractivity contribution in [1.29, 1.82) is 5.26 Å². The minimum absolute atomic E-state index is 0.0417. The van der Waals surface area contributed by atoms with E-state index < -0.39 is 0 Å². The van der Waals surface area contributed by atoms with Gasteiger partial charge in [0.05, 0.1) is 23.5 Å². The molecule has 114 valence electrons. The molecule has 0 radical (unpaired) electrons. The predicted octanol–water partition coefficient (Wildman–Crippen LogP) is 2.21. The van der Waals surface area contributed by atoms with Crippen LogP contribution in [0.4, 0.5) is 5.82 Å². The molecule has 1 aliphatic carbocycles. The van der Waals surface area contributed by atoms with E-state index in [-0.39, 0.29) is 17.7 Å². The molecular formula is C16H14N6O. The lowest BCUT2D eigenvalue weighted by Gasteiger charge is -2.03. The summed E-state index contributed by atoms with van der Waals surface area (Å²) >= 11 is 0. The largest absolute Gasteiger partial charge is 0.348 e. The highest BCUT2D eigenvalue weighted by Gasteiger charge is 2.45. The fourth-order valence-electron chi connectivity index (χ4n) is 2.90. The molecule has 1 aliphatic rings. The average molecular weight is 306 g/mol. The van der Waals surface area contributed by atoms with Crippen molar-refractivity contribution in [3.63, 3.8) is 0 Å². The summed E-state index contributed by atoms with van der Waals surface area (Å²) < 4.78 is 0. The van der Waals surface area contributed by atoms with Gasteiger partial charge in [-0.3, -0.25) is 9.89 Å². The van der Waals surface area contributed by atoms with Gasteiger partial charge in [0, 0.05) is 29.1 Å². The third kappa shape index (κ3) is 2.25. The van der Waals surface area contributed by atoms with E-state index in [9.17, 15) is 4.79 Å². The van der Waals surface area contributed by atoms with Gasteiger partial charge in [-0.1, -0.05) is 0 Å². The molecule has 0 saturated heterocycles. The maximum atomic E-state index is 12.4. The quantitative estimate of drug-likeness (QED) is 0.689. The van der Waals surface area contributed by atoms with Crippen molar-refractivity contribution in [2.75, 3.05) is 5.32 Å². The Labute approximate surface area is 131 Å². The van der Waals surface area contributed by atoms with Crippen LogP contribution in [-0.4, -0.2) is 26.1 Å². The van der Waals surface area contributed by atoms with Crippen LogP contribution in [0.5, 0.6) is 0 Å². The van der Waals surface area contributed by atoms with Gasteiger partial charge in [-0.05, 0) is 31.0 Å². The van der Waals surface area contributed by atoms with E-state index in [0.29, 0.717) is 11.4 Å². The number of nitrogens with one attached hydrogen (secondary N) is 3. The molecule has 3 aromatic rings. The summed E-state index contributed by atoms with van der Waals surface area (Å²) in [5, 5.41) is 19.8. The second-order valence-electron chi connectivity index (χ2n) is 5.84. The van der Waals surface area contributed by atoms with E-state index >= 15 is 0 Å². The van der Waals surface area contributed by atoms with Crippen molar-refractivity contribution in [2.45, 2.75) is 19.3 Å². The van der Waals surface area contributed by atoms with Crippen molar-refractivity contribution < 1.29 is 4.79 Å². The SMILES string of the molecule is Cc1cc2c(NC(=O)[C@@H]3C[C@H]3c3cnc[nH]3)n[nH]c2cc1C#N. The lowest BCUT2D eigenvalue weighted by atomic mass is 10.1. The second kappa shape index (κ2) is 4.95. The van der Waals surface area contributed by atoms with E-state index in [1.54, 1.807) is 18.6 Å². The first-order valence-electron chi connectivity index (χ1n) is 7.35. The van der Waals surface area contributed by atoms with Gasteiger partial charge in [0.25, 0.3) is 0 Å². The number of imidazole rings is 1. The molecule has 1 saturated carbocycles. The lowest BCUT2D eigenvalue weighted by molar-refractivity contribution is -0.117. The molecule has 0 aliphatic heterocycles. The van der Waals surface area contributed by atoms with Crippen LogP contribution in [0.15, 0.2) is 24.7 Å². The van der Waals surface area contributed by atoms with Gasteiger partial charge in [-0.15, -0.1) is 0 Å². The molecule has 1 fully saturated rings. The second-order valence-corrected chi connectivity index (χ2v) is 5.84. The third-order valence-corrected chi connectivity index (χ3v) is 4.32. The molecule has 2 atom stereocenters. The third-order valence-electron chi connectivity index (χ3n) is 4.32. The molecule has 2 aromatic heterocycles. The van der Waals surface area contributed by atoms with Crippen molar-refractivity contribution in [1.82, 2.24) is 20.2 Å². The summed E-state index contributed by atoms with van der Waals surface area (Å²) in [5.74, 6) is 0.615. The van der Waals surface area contributed by atoms with Crippen molar-refractivity contribution in [3.8, 4) is 6.07 Å². The summed E-state index contributed by atoms with van der Waals surface area (Å²) in [4.78, 5) is 19.4. The van der Waals surface area contributed by atoms with Gasteiger partial charge in [-0.2, -0.15) is 10.4 Å². The van der Waals surface area contributed by atoms with E-state index in [0.717, 1.165) is 28.6 Å². The number of anilines is 1. The van der Waals surface area contributed by atoms with Crippen molar-refractivity contribution >= 4 is 22.6 Å². The van der Waals surface area contributed by atoms with Crippen LogP contribution in [0.1, 0.15) is 29.2 Å². The monoisotopic (exact) mass is 306 g/mol. The number of nitrogens with zero attached hydrogens (tertiary/aromatic N) is 3. The Morgan fingerprint density at radius 3 is 3.09 bits per heavy atom. The first-order chi connectivity index (χ1) is 11.2. The smallest absolute Gasteiger partial charge is 0.229 e. The Kier molecular flexibility index (Phi) is 2.91. The number of rotatable bonds is 3. The molecule has 0 bridgehead atoms. The number of aromatic amines is 2. The number of aryl methyl sites for hydroxylation is 1. The minimum atomic E-state index is -0.0540. The number of aromatic nitrogens is 4. The van der Waals surface area contributed by atoms with E-state index in [4.69, 9.17) is 5.26 Å². The summed E-state index contributed by atoms with van der Waals surface area (Å²) in [5.41, 5.74) is 3.19. The summed E-state index contributed by atoms with van der Waals surface area (Å²) in [6.45, 7) is 1.87. The average Bonchev–Trinajstić information content (AvgIpc) is 2.99. The molecule has 0 spiro atoms. The van der Waals surface area contributed by atoms with Crippen molar-refractivity contribution in [2.24, 2.45) is 5.92 Å². The number of carbonyl (C=O) groups excluding carboxylic acids is 1. The highest BCUT2D eigenvalue weighted by atomic mass is 16.2. The zero-order valence-electron chi connectivity index (χ0n) is 12.4. The summed E-state index contributed by atoms with van der Waals surface area (Å²) in [6.07, 6.45) is 4.20. The standard InChI is InChI=1S/C16H14N6O/c1-8-2-12-13(3-9(8)5-17)21-22-15(12)20-16(23)11-4-10(11)14-6-18-7-19-14/h2-3,6-7,10-11H,4H2,1H3,(H,18,19)(H2,20,21,22,23)/t10-,11-/m1/s1. The molecule has 2 heterocycles. The fourth-order valence-corrected chi connectivity index (χ4v) is 2.90. The summed E-state index contributed by atoms with van der Waals surface area (Å²) in [6, 6.07) is 5.76. The minimum Gasteiger partial charge on any atom is -0.348 e. The molecular weight excluding hydrogens is 292 g/mol. The number of fused-ring (bicyclic) bond motifs is 1. The van der Waals surface area contributed by atoms with Crippen LogP contribution >= 0.6 is 0 Å². The maximum Gasteiger partial charge on any atom is 0.229 e. The molecule has 7 nitrogen and oxygen atoms in total. The van der Waals surface area contributed by atoms with E-state index in [1.165, 1.54) is 0 Å². The van der Waals surface area contributed by atoms with Crippen molar-refractivity contribution in [3.05, 3.63) is 41.5 Å².